The van der Waals surface area contributed by atoms with Gasteiger partial charge >= 0.3 is 0 Å². The average molecular weight is 625 g/mol. The van der Waals surface area contributed by atoms with E-state index in [4.69, 9.17) is 21.1 Å². The molecule has 1 aliphatic heterocycles. The van der Waals surface area contributed by atoms with Crippen molar-refractivity contribution in [3.05, 3.63) is 70.3 Å². The molecule has 4 rings (SSSR count). The van der Waals surface area contributed by atoms with Crippen LogP contribution in [0.25, 0.3) is 0 Å². The number of hydrogen-bond donors (Lipinski definition) is 2. The van der Waals surface area contributed by atoms with E-state index >= 15 is 0 Å². The fourth-order valence-corrected chi connectivity index (χ4v) is 5.21. The zero-order valence-electron chi connectivity index (χ0n) is 25.8. The largest absolute Gasteiger partial charge is 0.493 e. The van der Waals surface area contributed by atoms with E-state index in [1.165, 1.54) is 0 Å². The molecule has 0 saturated heterocycles. The summed E-state index contributed by atoms with van der Waals surface area (Å²) in [5.41, 5.74) is 1.52. The summed E-state index contributed by atoms with van der Waals surface area (Å²) >= 11 is 5.99. The predicted molar refractivity (Wildman–Crippen MR) is 167 cm³/mol. The summed E-state index contributed by atoms with van der Waals surface area (Å²) in [6.07, 6.45) is 2.12. The molecule has 12 heteroatoms. The van der Waals surface area contributed by atoms with Crippen molar-refractivity contribution in [2.45, 2.75) is 59.0 Å². The van der Waals surface area contributed by atoms with E-state index in [1.54, 1.807) is 41.8 Å². The second-order valence-electron chi connectivity index (χ2n) is 11.1. The maximum atomic E-state index is 13.4. The topological polar surface area (TPSA) is 128 Å². The van der Waals surface area contributed by atoms with Crippen LogP contribution in [-0.2, 0) is 22.6 Å². The summed E-state index contributed by atoms with van der Waals surface area (Å²) in [6, 6.07) is 12.2. The lowest BCUT2D eigenvalue weighted by Crippen LogP contribution is -2.44. The third-order valence-electron chi connectivity index (χ3n) is 7.40. The number of carbonyl (C=O) groups excluding carboxylic acids is 3. The van der Waals surface area contributed by atoms with Crippen LogP contribution in [0.1, 0.15) is 66.7 Å². The van der Waals surface area contributed by atoms with Gasteiger partial charge in [-0.3, -0.25) is 14.4 Å². The lowest BCUT2D eigenvalue weighted by Gasteiger charge is -2.26. The number of nitrogens with one attached hydrogen (secondary N) is 2. The van der Waals surface area contributed by atoms with Gasteiger partial charge in [0, 0.05) is 30.1 Å². The Balaban J connectivity index is 1.55. The molecule has 2 bridgehead atoms. The van der Waals surface area contributed by atoms with Gasteiger partial charge in [-0.1, -0.05) is 37.6 Å². The molecule has 2 heterocycles. The molecule has 0 unspecified atom stereocenters. The number of aryl methyl sites for hydroxylation is 2. The number of aromatic nitrogens is 3. The molecule has 0 radical (unpaired) electrons. The molecule has 3 aromatic rings. The molecule has 0 spiro atoms. The van der Waals surface area contributed by atoms with Crippen molar-refractivity contribution >= 4 is 29.3 Å². The lowest BCUT2D eigenvalue weighted by atomic mass is 10.0. The first-order valence-electron chi connectivity index (χ1n) is 15.0. The quantitative estimate of drug-likeness (QED) is 0.422. The fraction of sp³-hybridized carbons (Fsp3) is 0.469. The number of halogens is 1. The highest BCUT2D eigenvalue weighted by Gasteiger charge is 2.26. The molecule has 11 nitrogen and oxygen atoms in total. The van der Waals surface area contributed by atoms with Crippen LogP contribution >= 0.6 is 11.6 Å². The Labute approximate surface area is 263 Å². The van der Waals surface area contributed by atoms with Gasteiger partial charge in [0.1, 0.15) is 18.3 Å². The van der Waals surface area contributed by atoms with Gasteiger partial charge in [-0.15, -0.1) is 0 Å². The Hall–Kier alpha value is -4.12. The number of fused-ring (bicyclic) bond motifs is 3. The number of nitrogens with zero attached hydrogens (tertiary/aromatic N) is 4. The Morgan fingerprint density at radius 3 is 2.66 bits per heavy atom. The maximum Gasteiger partial charge on any atom is 0.251 e. The van der Waals surface area contributed by atoms with E-state index in [0.29, 0.717) is 66.2 Å². The van der Waals surface area contributed by atoms with Crippen LogP contribution in [0.2, 0.25) is 5.02 Å². The fourth-order valence-electron chi connectivity index (χ4n) is 5.08. The van der Waals surface area contributed by atoms with Crippen LogP contribution in [0.5, 0.6) is 11.5 Å². The van der Waals surface area contributed by atoms with Crippen LogP contribution in [-0.4, -0.2) is 70.7 Å². The van der Waals surface area contributed by atoms with Crippen LogP contribution < -0.4 is 20.1 Å². The average Bonchev–Trinajstić information content (AvgIpc) is 3.37. The Bertz CT molecular complexity index is 1440. The first-order chi connectivity index (χ1) is 21.1. The molecular weight excluding hydrogens is 584 g/mol. The van der Waals surface area contributed by atoms with Gasteiger partial charge in [0.15, 0.2) is 11.5 Å². The van der Waals surface area contributed by atoms with E-state index in [9.17, 15) is 14.4 Å². The molecular formula is C32H41ClN6O5. The summed E-state index contributed by atoms with van der Waals surface area (Å²) in [5.74, 6) is 1.44. The van der Waals surface area contributed by atoms with Crippen LogP contribution in [0.15, 0.2) is 42.5 Å². The molecule has 1 aliphatic rings. The van der Waals surface area contributed by atoms with Crippen LogP contribution in [0, 0.1) is 12.8 Å². The minimum Gasteiger partial charge on any atom is -0.493 e. The number of amides is 3. The van der Waals surface area contributed by atoms with Crippen LogP contribution in [0.4, 0.5) is 0 Å². The molecule has 44 heavy (non-hydrogen) atoms. The Morgan fingerprint density at radius 2 is 1.93 bits per heavy atom. The molecule has 2 N–H and O–H groups in total. The molecule has 0 fully saturated rings. The van der Waals surface area contributed by atoms with Crippen LogP contribution in [0.3, 0.4) is 0 Å². The van der Waals surface area contributed by atoms with Crippen molar-refractivity contribution in [2.24, 2.45) is 5.92 Å². The Kier molecular flexibility index (Phi) is 11.6. The molecule has 1 aromatic heterocycles. The number of methoxy groups -OCH3 is 1. The molecule has 0 saturated carbocycles. The van der Waals surface area contributed by atoms with Crippen molar-refractivity contribution < 1.29 is 23.9 Å². The minimum absolute atomic E-state index is 0.00308. The van der Waals surface area contributed by atoms with Gasteiger partial charge < -0.3 is 25.0 Å². The number of carbonyl (C=O) groups is 3. The van der Waals surface area contributed by atoms with E-state index in [0.717, 1.165) is 12.0 Å². The number of hydrogen-bond acceptors (Lipinski definition) is 7. The summed E-state index contributed by atoms with van der Waals surface area (Å²) in [7, 11) is 1.54. The zero-order chi connectivity index (χ0) is 31.6. The monoisotopic (exact) mass is 624 g/mol. The second kappa shape index (κ2) is 15.6. The van der Waals surface area contributed by atoms with Gasteiger partial charge in [0.05, 0.1) is 26.2 Å². The molecule has 3 amide bonds. The Morgan fingerprint density at radius 1 is 1.16 bits per heavy atom. The smallest absolute Gasteiger partial charge is 0.251 e. The minimum atomic E-state index is -0.429. The van der Waals surface area contributed by atoms with E-state index in [1.807, 2.05) is 38.1 Å². The van der Waals surface area contributed by atoms with Gasteiger partial charge in [0.2, 0.25) is 11.8 Å². The zero-order valence-corrected chi connectivity index (χ0v) is 26.5. The summed E-state index contributed by atoms with van der Waals surface area (Å²) in [5, 5.41) is 11.2. The van der Waals surface area contributed by atoms with E-state index in [-0.39, 0.29) is 43.2 Å². The van der Waals surface area contributed by atoms with E-state index in [2.05, 4.69) is 20.7 Å². The molecule has 1 atom stereocenters. The van der Waals surface area contributed by atoms with Crippen molar-refractivity contribution in [2.75, 3.05) is 33.4 Å². The van der Waals surface area contributed by atoms with Crippen molar-refractivity contribution in [1.29, 1.82) is 0 Å². The first-order valence-corrected chi connectivity index (χ1v) is 15.3. The van der Waals surface area contributed by atoms with Gasteiger partial charge in [0.25, 0.3) is 5.91 Å². The lowest BCUT2D eigenvalue weighted by molar-refractivity contribution is -0.136. The summed E-state index contributed by atoms with van der Waals surface area (Å²) < 4.78 is 13.2. The number of ether oxygens (including phenoxy) is 2. The maximum absolute atomic E-state index is 13.4. The van der Waals surface area contributed by atoms with E-state index < -0.39 is 6.04 Å². The normalized spacial score (nSPS) is 16.7. The third-order valence-corrected chi connectivity index (χ3v) is 7.65. The summed E-state index contributed by atoms with van der Waals surface area (Å²) in [6.45, 7) is 6.92. The second-order valence-corrected chi connectivity index (χ2v) is 11.6. The van der Waals surface area contributed by atoms with Gasteiger partial charge in [-0.25, -0.2) is 9.67 Å². The highest BCUT2D eigenvalue weighted by Crippen LogP contribution is 2.28. The highest BCUT2D eigenvalue weighted by molar-refractivity contribution is 6.30. The van der Waals surface area contributed by atoms with Crippen molar-refractivity contribution in [1.82, 2.24) is 30.3 Å². The highest BCUT2D eigenvalue weighted by atomic mass is 35.5. The summed E-state index contributed by atoms with van der Waals surface area (Å²) in [4.78, 5) is 45.9. The third kappa shape index (κ3) is 8.95. The van der Waals surface area contributed by atoms with Crippen molar-refractivity contribution in [3.63, 3.8) is 0 Å². The number of benzene rings is 2. The molecule has 2 aromatic carbocycles. The number of rotatable bonds is 6. The van der Waals surface area contributed by atoms with Gasteiger partial charge in [-0.05, 0) is 68.0 Å². The molecule has 236 valence electrons. The standard InChI is InChI=1S/C32H41ClN6O5/c1-21(2)30-31-35-22(3)37-39(31)17-18-44-27-19-24(11-14-26(27)43-4)32(42)34-15-6-16-38(20-28(40)36-30)29(41)8-5-7-23-9-12-25(33)13-10-23/h9-14,19,21,30H,5-8,15-18,20H2,1-4H3,(H,34,42)(H,36,40)/t30-/m0/s1. The first kappa shape index (κ1) is 32.8. The predicted octanol–water partition coefficient (Wildman–Crippen LogP) is 4.13. The van der Waals surface area contributed by atoms with Crippen molar-refractivity contribution in [3.8, 4) is 11.5 Å². The SMILES string of the molecule is COc1ccc2cc1OCCn1nc(C)nc1[C@H](C(C)C)NC(=O)CN(C(=O)CCCc1ccc(Cl)cc1)CCCNC2=O. The molecule has 0 aliphatic carbocycles. The van der Waals surface area contributed by atoms with Gasteiger partial charge in [-0.2, -0.15) is 5.10 Å².